The molecular weight excluding hydrogens is 320 g/mol. The number of aryl methyl sites for hydroxylation is 1. The largest absolute Gasteiger partial charge is 0.277 e. The highest BCUT2D eigenvalue weighted by Gasteiger charge is 2.43. The molecule has 0 aliphatic carbocycles. The SMILES string of the molecule is Cc1nc(Cl)sc1S(=O)(=O)N1CC(C(C)(C)C)CC1=O. The second kappa shape index (κ2) is 4.96. The summed E-state index contributed by atoms with van der Waals surface area (Å²) in [5, 5.41) is 0. The van der Waals surface area contributed by atoms with E-state index in [9.17, 15) is 13.2 Å². The number of hydrogen-bond donors (Lipinski definition) is 0. The number of thiazole rings is 1. The minimum absolute atomic E-state index is 0.0217. The number of carbonyl (C=O) groups excluding carboxylic acids is 1. The van der Waals surface area contributed by atoms with Crippen LogP contribution in [0.2, 0.25) is 4.47 Å². The van der Waals surface area contributed by atoms with Gasteiger partial charge in [-0.05, 0) is 18.3 Å². The Morgan fingerprint density at radius 2 is 2.00 bits per heavy atom. The lowest BCUT2D eigenvalue weighted by atomic mass is 9.80. The van der Waals surface area contributed by atoms with Crippen molar-refractivity contribution in [1.82, 2.24) is 9.29 Å². The Morgan fingerprint density at radius 1 is 1.40 bits per heavy atom. The Labute approximate surface area is 128 Å². The summed E-state index contributed by atoms with van der Waals surface area (Å²) in [6, 6.07) is 0. The number of halogens is 1. The molecule has 112 valence electrons. The van der Waals surface area contributed by atoms with Crippen molar-refractivity contribution in [1.29, 1.82) is 0 Å². The van der Waals surface area contributed by atoms with E-state index >= 15 is 0 Å². The number of aromatic nitrogens is 1. The van der Waals surface area contributed by atoms with Gasteiger partial charge >= 0.3 is 0 Å². The summed E-state index contributed by atoms with van der Waals surface area (Å²) in [6.45, 7) is 7.83. The number of sulfonamides is 1. The van der Waals surface area contributed by atoms with Crippen LogP contribution < -0.4 is 0 Å². The van der Waals surface area contributed by atoms with Crippen LogP contribution >= 0.6 is 22.9 Å². The standard InChI is InChI=1S/C12H17ClN2O3S2/c1-7-10(19-11(13)14-7)20(17,18)15-6-8(5-9(15)16)12(2,3)4/h8H,5-6H2,1-4H3. The molecule has 1 aliphatic heterocycles. The van der Waals surface area contributed by atoms with Crippen molar-refractivity contribution in [3.05, 3.63) is 10.2 Å². The van der Waals surface area contributed by atoms with Gasteiger partial charge in [0.1, 0.15) is 0 Å². The fraction of sp³-hybridized carbons (Fsp3) is 0.667. The summed E-state index contributed by atoms with van der Waals surface area (Å²) in [4.78, 5) is 16.0. The zero-order chi connectivity index (χ0) is 15.3. The van der Waals surface area contributed by atoms with Crippen molar-refractivity contribution in [3.63, 3.8) is 0 Å². The number of nitrogens with zero attached hydrogens (tertiary/aromatic N) is 2. The molecule has 5 nitrogen and oxygen atoms in total. The van der Waals surface area contributed by atoms with Crippen molar-refractivity contribution in [2.45, 2.75) is 38.3 Å². The second-order valence-electron chi connectivity index (χ2n) is 6.04. The summed E-state index contributed by atoms with van der Waals surface area (Å²) in [5.74, 6) is -0.331. The van der Waals surface area contributed by atoms with Crippen molar-refractivity contribution in [2.24, 2.45) is 11.3 Å². The molecule has 0 saturated carbocycles. The van der Waals surface area contributed by atoms with Gasteiger partial charge in [-0.3, -0.25) is 4.79 Å². The van der Waals surface area contributed by atoms with Crippen LogP contribution in [0.5, 0.6) is 0 Å². The van der Waals surface area contributed by atoms with E-state index < -0.39 is 10.0 Å². The maximum absolute atomic E-state index is 12.6. The summed E-state index contributed by atoms with van der Waals surface area (Å²) >= 11 is 6.65. The van der Waals surface area contributed by atoms with E-state index in [1.165, 1.54) is 0 Å². The molecule has 2 heterocycles. The van der Waals surface area contributed by atoms with Gasteiger partial charge in [-0.2, -0.15) is 0 Å². The highest BCUT2D eigenvalue weighted by molar-refractivity contribution is 7.91. The molecule has 0 radical (unpaired) electrons. The highest BCUT2D eigenvalue weighted by Crippen LogP contribution is 2.38. The summed E-state index contributed by atoms with van der Waals surface area (Å²) in [5.41, 5.74) is 0.229. The Bertz CT molecular complexity index is 646. The predicted molar refractivity (Wildman–Crippen MR) is 78.3 cm³/mol. The fourth-order valence-corrected chi connectivity index (χ4v) is 5.47. The third-order valence-corrected chi connectivity index (χ3v) is 7.20. The van der Waals surface area contributed by atoms with Crippen molar-refractivity contribution in [2.75, 3.05) is 6.54 Å². The molecule has 1 aromatic rings. The van der Waals surface area contributed by atoms with Gasteiger partial charge in [-0.15, -0.1) is 0 Å². The average molecular weight is 337 g/mol. The molecule has 1 amide bonds. The first-order valence-electron chi connectivity index (χ1n) is 6.22. The molecule has 20 heavy (non-hydrogen) atoms. The molecule has 0 N–H and O–H groups in total. The summed E-state index contributed by atoms with van der Waals surface area (Å²) in [7, 11) is -3.84. The van der Waals surface area contributed by atoms with Crippen LogP contribution in [0.3, 0.4) is 0 Å². The lowest BCUT2D eigenvalue weighted by Gasteiger charge is -2.26. The van der Waals surface area contributed by atoms with Gasteiger partial charge in [0.25, 0.3) is 10.0 Å². The van der Waals surface area contributed by atoms with Gasteiger partial charge < -0.3 is 0 Å². The zero-order valence-corrected chi connectivity index (χ0v) is 14.2. The minimum Gasteiger partial charge on any atom is -0.274 e. The normalized spacial score (nSPS) is 20.8. The van der Waals surface area contributed by atoms with Crippen LogP contribution in [0.4, 0.5) is 0 Å². The van der Waals surface area contributed by atoms with Gasteiger partial charge in [0.05, 0.1) is 5.69 Å². The number of amides is 1. The van der Waals surface area contributed by atoms with Crippen LogP contribution in [-0.4, -0.2) is 30.2 Å². The van der Waals surface area contributed by atoms with E-state index in [2.05, 4.69) is 4.98 Å². The topological polar surface area (TPSA) is 67.3 Å². The molecule has 0 spiro atoms. The monoisotopic (exact) mass is 336 g/mol. The molecule has 0 bridgehead atoms. The Kier molecular flexibility index (Phi) is 3.90. The third kappa shape index (κ3) is 2.71. The number of hydrogen-bond acceptors (Lipinski definition) is 5. The van der Waals surface area contributed by atoms with E-state index in [0.717, 1.165) is 15.6 Å². The zero-order valence-electron chi connectivity index (χ0n) is 11.8. The highest BCUT2D eigenvalue weighted by atomic mass is 35.5. The van der Waals surface area contributed by atoms with Gasteiger partial charge in [-0.1, -0.05) is 43.7 Å². The first-order valence-corrected chi connectivity index (χ1v) is 8.85. The quantitative estimate of drug-likeness (QED) is 0.832. The Balaban J connectivity index is 2.37. The van der Waals surface area contributed by atoms with Gasteiger partial charge in [0.15, 0.2) is 8.68 Å². The molecule has 1 aromatic heterocycles. The van der Waals surface area contributed by atoms with E-state index in [4.69, 9.17) is 11.6 Å². The lowest BCUT2D eigenvalue weighted by molar-refractivity contribution is -0.123. The molecule has 1 saturated heterocycles. The molecule has 8 heteroatoms. The Hall–Kier alpha value is -0.660. The van der Waals surface area contributed by atoms with Gasteiger partial charge in [0.2, 0.25) is 5.91 Å². The molecular formula is C12H17ClN2O3S2. The van der Waals surface area contributed by atoms with Crippen LogP contribution in [0.15, 0.2) is 4.21 Å². The first kappa shape index (κ1) is 15.7. The van der Waals surface area contributed by atoms with Crippen LogP contribution in [-0.2, 0) is 14.8 Å². The molecule has 2 rings (SSSR count). The fourth-order valence-electron chi connectivity index (χ4n) is 2.18. The maximum atomic E-state index is 12.6. The Morgan fingerprint density at radius 3 is 2.40 bits per heavy atom. The van der Waals surface area contributed by atoms with Crippen molar-refractivity contribution >= 4 is 38.9 Å². The van der Waals surface area contributed by atoms with Crippen LogP contribution in [0, 0.1) is 18.3 Å². The summed E-state index contributed by atoms with van der Waals surface area (Å²) < 4.78 is 26.3. The van der Waals surface area contributed by atoms with E-state index in [1.807, 2.05) is 20.8 Å². The third-order valence-electron chi connectivity index (χ3n) is 3.56. The summed E-state index contributed by atoms with van der Waals surface area (Å²) in [6.07, 6.45) is 0.258. The van der Waals surface area contributed by atoms with Gasteiger partial charge in [-0.25, -0.2) is 17.7 Å². The molecule has 1 atom stereocenters. The molecule has 1 fully saturated rings. The van der Waals surface area contributed by atoms with E-state index in [1.54, 1.807) is 6.92 Å². The number of carbonyl (C=O) groups is 1. The number of rotatable bonds is 2. The van der Waals surface area contributed by atoms with Crippen LogP contribution in [0.25, 0.3) is 0 Å². The average Bonchev–Trinajstić information content (AvgIpc) is 2.81. The smallest absolute Gasteiger partial charge is 0.274 e. The van der Waals surface area contributed by atoms with Crippen LogP contribution in [0.1, 0.15) is 32.9 Å². The lowest BCUT2D eigenvalue weighted by Crippen LogP contribution is -2.33. The first-order chi connectivity index (χ1) is 9.03. The van der Waals surface area contributed by atoms with Gasteiger partial charge in [0, 0.05) is 13.0 Å². The minimum atomic E-state index is -3.84. The second-order valence-corrected chi connectivity index (χ2v) is 9.68. The predicted octanol–water partition coefficient (Wildman–Crippen LogP) is 2.69. The molecule has 1 aliphatic rings. The van der Waals surface area contributed by atoms with E-state index in [0.29, 0.717) is 5.69 Å². The molecule has 0 aromatic carbocycles. The van der Waals surface area contributed by atoms with Crippen molar-refractivity contribution < 1.29 is 13.2 Å². The molecule has 1 unspecified atom stereocenters. The van der Waals surface area contributed by atoms with Crippen molar-refractivity contribution in [3.8, 4) is 0 Å². The maximum Gasteiger partial charge on any atom is 0.277 e. The van der Waals surface area contributed by atoms with E-state index in [-0.39, 0.29) is 38.9 Å².